The maximum atomic E-state index is 10.3. The van der Waals surface area contributed by atoms with Crippen molar-refractivity contribution in [1.82, 2.24) is 0 Å². The van der Waals surface area contributed by atoms with Gasteiger partial charge in [-0.2, -0.15) is 11.8 Å². The zero-order valence-corrected chi connectivity index (χ0v) is 8.51. The summed E-state index contributed by atoms with van der Waals surface area (Å²) in [5.41, 5.74) is -0.553. The molecule has 3 heteroatoms. The van der Waals surface area contributed by atoms with E-state index in [-0.39, 0.29) is 0 Å². The predicted octanol–water partition coefficient (Wildman–Crippen LogP) is 2.08. The van der Waals surface area contributed by atoms with Crippen LogP contribution in [0.5, 0.6) is 0 Å². The highest BCUT2D eigenvalue weighted by molar-refractivity contribution is 8.00. The number of hydrogen-bond donors (Lipinski definition) is 1. The van der Waals surface area contributed by atoms with Crippen molar-refractivity contribution in [2.24, 2.45) is 0 Å². The summed E-state index contributed by atoms with van der Waals surface area (Å²) in [5.74, 6) is 1.94. The Morgan fingerprint density at radius 2 is 2.62 bits per heavy atom. The predicted molar refractivity (Wildman–Crippen MR) is 53.9 cm³/mol. The van der Waals surface area contributed by atoms with Crippen molar-refractivity contribution >= 4 is 11.8 Å². The maximum Gasteiger partial charge on any atom is 0.106 e. The SMILES string of the molecule is CC1SCCC1(O)Cc1ccco1. The van der Waals surface area contributed by atoms with Gasteiger partial charge in [0.1, 0.15) is 5.76 Å². The number of thioether (sulfide) groups is 1. The Morgan fingerprint density at radius 3 is 3.15 bits per heavy atom. The minimum Gasteiger partial charge on any atom is -0.469 e. The largest absolute Gasteiger partial charge is 0.469 e. The van der Waals surface area contributed by atoms with Crippen molar-refractivity contribution in [3.05, 3.63) is 24.2 Å². The maximum absolute atomic E-state index is 10.3. The summed E-state index contributed by atoms with van der Waals surface area (Å²) in [6, 6.07) is 3.79. The van der Waals surface area contributed by atoms with Crippen molar-refractivity contribution in [2.45, 2.75) is 30.6 Å². The fraction of sp³-hybridized carbons (Fsp3) is 0.600. The number of rotatable bonds is 2. The second kappa shape index (κ2) is 3.39. The van der Waals surface area contributed by atoms with E-state index in [1.165, 1.54) is 0 Å². The molecule has 2 heterocycles. The lowest BCUT2D eigenvalue weighted by atomic mass is 9.92. The molecule has 72 valence electrons. The summed E-state index contributed by atoms with van der Waals surface area (Å²) in [5, 5.41) is 10.6. The summed E-state index contributed by atoms with van der Waals surface area (Å²) in [6.45, 7) is 2.08. The first-order valence-corrected chi connectivity index (χ1v) is 5.62. The topological polar surface area (TPSA) is 33.4 Å². The Labute approximate surface area is 82.3 Å². The number of aliphatic hydroxyl groups is 1. The Morgan fingerprint density at radius 1 is 1.77 bits per heavy atom. The molecular weight excluding hydrogens is 184 g/mol. The van der Waals surface area contributed by atoms with E-state index in [1.54, 1.807) is 6.26 Å². The van der Waals surface area contributed by atoms with E-state index >= 15 is 0 Å². The smallest absolute Gasteiger partial charge is 0.106 e. The zero-order chi connectivity index (χ0) is 9.31. The Balaban J connectivity index is 2.08. The second-order valence-corrected chi connectivity index (χ2v) is 5.07. The van der Waals surface area contributed by atoms with Crippen LogP contribution in [0, 0.1) is 0 Å². The minimum atomic E-state index is -0.553. The van der Waals surface area contributed by atoms with Gasteiger partial charge in [0, 0.05) is 11.7 Å². The van der Waals surface area contributed by atoms with Crippen LogP contribution in [0.25, 0.3) is 0 Å². The molecule has 2 unspecified atom stereocenters. The second-order valence-electron chi connectivity index (χ2n) is 3.62. The van der Waals surface area contributed by atoms with Gasteiger partial charge in [-0.15, -0.1) is 0 Å². The van der Waals surface area contributed by atoms with Crippen LogP contribution >= 0.6 is 11.8 Å². The highest BCUT2D eigenvalue weighted by Crippen LogP contribution is 2.37. The zero-order valence-electron chi connectivity index (χ0n) is 7.69. The van der Waals surface area contributed by atoms with Crippen LogP contribution in [0.3, 0.4) is 0 Å². The molecule has 13 heavy (non-hydrogen) atoms. The van der Waals surface area contributed by atoms with Crippen LogP contribution in [-0.4, -0.2) is 21.7 Å². The first-order chi connectivity index (χ1) is 6.21. The molecule has 0 amide bonds. The molecule has 2 atom stereocenters. The van der Waals surface area contributed by atoms with Gasteiger partial charge in [-0.05, 0) is 24.3 Å². The highest BCUT2D eigenvalue weighted by Gasteiger charge is 2.39. The fourth-order valence-corrected chi connectivity index (χ4v) is 3.05. The summed E-state index contributed by atoms with van der Waals surface area (Å²) < 4.78 is 5.24. The summed E-state index contributed by atoms with van der Waals surface area (Å²) in [7, 11) is 0. The normalized spacial score (nSPS) is 33.8. The van der Waals surface area contributed by atoms with E-state index in [0.717, 1.165) is 17.9 Å². The van der Waals surface area contributed by atoms with Crippen molar-refractivity contribution in [3.8, 4) is 0 Å². The van der Waals surface area contributed by atoms with Gasteiger partial charge in [-0.25, -0.2) is 0 Å². The molecule has 2 nitrogen and oxygen atoms in total. The minimum absolute atomic E-state index is 0.317. The van der Waals surface area contributed by atoms with Crippen LogP contribution in [0.4, 0.5) is 0 Å². The van der Waals surface area contributed by atoms with Gasteiger partial charge in [-0.1, -0.05) is 6.92 Å². The fourth-order valence-electron chi connectivity index (χ4n) is 1.72. The third-order valence-corrected chi connectivity index (χ3v) is 4.10. The molecular formula is C10H14O2S. The van der Waals surface area contributed by atoms with Crippen LogP contribution in [-0.2, 0) is 6.42 Å². The van der Waals surface area contributed by atoms with E-state index in [4.69, 9.17) is 4.42 Å². The third kappa shape index (κ3) is 1.76. The summed E-state index contributed by atoms with van der Waals surface area (Å²) in [6.07, 6.45) is 3.18. The van der Waals surface area contributed by atoms with E-state index in [9.17, 15) is 5.11 Å². The molecule has 1 aliphatic rings. The lowest BCUT2D eigenvalue weighted by Crippen LogP contribution is -2.36. The highest BCUT2D eigenvalue weighted by atomic mass is 32.2. The number of hydrogen-bond acceptors (Lipinski definition) is 3. The molecule has 1 aromatic heterocycles. The summed E-state index contributed by atoms with van der Waals surface area (Å²) in [4.78, 5) is 0. The van der Waals surface area contributed by atoms with Crippen LogP contribution in [0.2, 0.25) is 0 Å². The van der Waals surface area contributed by atoms with Crippen LogP contribution in [0.1, 0.15) is 19.1 Å². The van der Waals surface area contributed by atoms with Crippen molar-refractivity contribution in [3.63, 3.8) is 0 Å². The van der Waals surface area contributed by atoms with Gasteiger partial charge < -0.3 is 9.52 Å². The molecule has 0 radical (unpaired) electrons. The molecule has 2 rings (SSSR count). The third-order valence-electron chi connectivity index (χ3n) is 2.72. The van der Waals surface area contributed by atoms with E-state index in [0.29, 0.717) is 11.7 Å². The molecule has 0 saturated carbocycles. The average Bonchev–Trinajstić information content (AvgIpc) is 2.65. The molecule has 0 aromatic carbocycles. The van der Waals surface area contributed by atoms with Gasteiger partial charge in [0.05, 0.1) is 11.9 Å². The molecule has 1 fully saturated rings. The van der Waals surface area contributed by atoms with Gasteiger partial charge in [0.25, 0.3) is 0 Å². The summed E-state index contributed by atoms with van der Waals surface area (Å²) >= 11 is 1.83. The molecule has 0 bridgehead atoms. The number of furan rings is 1. The Kier molecular flexibility index (Phi) is 2.39. The van der Waals surface area contributed by atoms with Crippen molar-refractivity contribution in [2.75, 3.05) is 5.75 Å². The van der Waals surface area contributed by atoms with E-state index < -0.39 is 5.60 Å². The Hall–Kier alpha value is -0.410. The molecule has 0 spiro atoms. The lowest BCUT2D eigenvalue weighted by molar-refractivity contribution is 0.0414. The van der Waals surface area contributed by atoms with Gasteiger partial charge >= 0.3 is 0 Å². The van der Waals surface area contributed by atoms with Gasteiger partial charge in [-0.3, -0.25) is 0 Å². The van der Waals surface area contributed by atoms with E-state index in [2.05, 4.69) is 6.92 Å². The lowest BCUT2D eigenvalue weighted by Gasteiger charge is -2.25. The van der Waals surface area contributed by atoms with Gasteiger partial charge in [0.2, 0.25) is 0 Å². The molecule has 1 aliphatic heterocycles. The first kappa shape index (κ1) is 9.16. The van der Waals surface area contributed by atoms with E-state index in [1.807, 2.05) is 23.9 Å². The monoisotopic (exact) mass is 198 g/mol. The molecule has 1 N–H and O–H groups in total. The molecule has 1 saturated heterocycles. The van der Waals surface area contributed by atoms with Gasteiger partial charge in [0.15, 0.2) is 0 Å². The quantitative estimate of drug-likeness (QED) is 0.790. The van der Waals surface area contributed by atoms with Crippen molar-refractivity contribution < 1.29 is 9.52 Å². The van der Waals surface area contributed by atoms with Crippen LogP contribution in [0.15, 0.2) is 22.8 Å². The standard InChI is InChI=1S/C10H14O2S/c1-8-10(11,4-6-13-8)7-9-3-2-5-12-9/h2-3,5,8,11H,4,6-7H2,1H3. The first-order valence-electron chi connectivity index (χ1n) is 4.57. The average molecular weight is 198 g/mol. The van der Waals surface area contributed by atoms with Crippen molar-refractivity contribution in [1.29, 1.82) is 0 Å². The molecule has 1 aromatic rings. The Bertz CT molecular complexity index is 270. The van der Waals surface area contributed by atoms with Crippen LogP contribution < -0.4 is 0 Å². The molecule has 0 aliphatic carbocycles.